The quantitative estimate of drug-likeness (QED) is 0.912. The van der Waals surface area contributed by atoms with Gasteiger partial charge >= 0.3 is 0 Å². The molecule has 0 atom stereocenters. The predicted octanol–water partition coefficient (Wildman–Crippen LogP) is 2.21. The zero-order valence-corrected chi connectivity index (χ0v) is 12.8. The molecule has 0 spiro atoms. The lowest BCUT2D eigenvalue weighted by atomic mass is 10.1. The largest absolute Gasteiger partial charge is 0.343 e. The van der Waals surface area contributed by atoms with Gasteiger partial charge in [-0.05, 0) is 31.9 Å². The van der Waals surface area contributed by atoms with Gasteiger partial charge in [0.05, 0.1) is 6.54 Å². The number of pyridine rings is 1. The van der Waals surface area contributed by atoms with Crippen molar-refractivity contribution in [3.63, 3.8) is 0 Å². The summed E-state index contributed by atoms with van der Waals surface area (Å²) in [5, 5.41) is 6.66. The Morgan fingerprint density at radius 3 is 2.52 bits per heavy atom. The molecule has 0 aliphatic heterocycles. The van der Waals surface area contributed by atoms with E-state index < -0.39 is 0 Å². The Morgan fingerprint density at radius 2 is 1.90 bits per heavy atom. The second kappa shape index (κ2) is 6.47. The number of aromatic nitrogens is 3. The van der Waals surface area contributed by atoms with Gasteiger partial charge in [-0.15, -0.1) is 0 Å². The van der Waals surface area contributed by atoms with Gasteiger partial charge in [-0.3, -0.25) is 9.78 Å². The fourth-order valence-corrected chi connectivity index (χ4v) is 2.03. The van der Waals surface area contributed by atoms with Crippen LogP contribution in [0.15, 0.2) is 16.7 Å². The van der Waals surface area contributed by atoms with E-state index in [-0.39, 0.29) is 12.5 Å². The van der Waals surface area contributed by atoms with Crippen LogP contribution >= 0.6 is 0 Å². The summed E-state index contributed by atoms with van der Waals surface area (Å²) in [6.07, 6.45) is 0.764. The molecule has 2 aromatic rings. The van der Waals surface area contributed by atoms with Gasteiger partial charge in [-0.25, -0.2) is 0 Å². The van der Waals surface area contributed by atoms with Crippen molar-refractivity contribution in [2.75, 3.05) is 0 Å². The third-order valence-corrected chi connectivity index (χ3v) is 2.84. The summed E-state index contributed by atoms with van der Waals surface area (Å²) in [5.41, 5.74) is 2.22. The normalized spacial score (nSPS) is 10.9. The topological polar surface area (TPSA) is 80.9 Å². The maximum Gasteiger partial charge on any atom is 0.251 e. The lowest BCUT2D eigenvalue weighted by Gasteiger charge is -2.04. The zero-order valence-electron chi connectivity index (χ0n) is 12.8. The van der Waals surface area contributed by atoms with Crippen LogP contribution in [0.2, 0.25) is 0 Å². The molecule has 0 saturated carbocycles. The van der Waals surface area contributed by atoms with Crippen LogP contribution in [0.4, 0.5) is 0 Å². The molecule has 2 aromatic heterocycles. The SMILES string of the molecule is Cc1cc(C(=O)NCc2nc(CC(C)C)no2)cc(C)n1. The number of carbonyl (C=O) groups is 1. The number of amides is 1. The second-order valence-electron chi connectivity index (χ2n) is 5.52. The summed E-state index contributed by atoms with van der Waals surface area (Å²) < 4.78 is 5.11. The summed E-state index contributed by atoms with van der Waals surface area (Å²) >= 11 is 0. The molecule has 2 rings (SSSR count). The Hall–Kier alpha value is -2.24. The molecule has 0 fully saturated rings. The van der Waals surface area contributed by atoms with Crippen molar-refractivity contribution >= 4 is 5.91 Å². The molecule has 1 N–H and O–H groups in total. The highest BCUT2D eigenvalue weighted by Gasteiger charge is 2.11. The standard InChI is InChI=1S/C15H20N4O2/c1-9(2)5-13-18-14(21-19-13)8-16-15(20)12-6-10(3)17-11(4)7-12/h6-7,9H,5,8H2,1-4H3,(H,16,20). The Labute approximate surface area is 124 Å². The Morgan fingerprint density at radius 1 is 1.24 bits per heavy atom. The van der Waals surface area contributed by atoms with Gasteiger partial charge in [-0.1, -0.05) is 19.0 Å². The molecule has 112 valence electrons. The molecule has 0 aliphatic carbocycles. The minimum absolute atomic E-state index is 0.174. The van der Waals surface area contributed by atoms with Gasteiger partial charge < -0.3 is 9.84 Å². The molecule has 6 nitrogen and oxygen atoms in total. The molecule has 0 radical (unpaired) electrons. The molecule has 6 heteroatoms. The van der Waals surface area contributed by atoms with Crippen LogP contribution in [0.25, 0.3) is 0 Å². The predicted molar refractivity (Wildman–Crippen MR) is 77.7 cm³/mol. The Balaban J connectivity index is 1.96. The van der Waals surface area contributed by atoms with Crippen molar-refractivity contribution in [1.82, 2.24) is 20.4 Å². The van der Waals surface area contributed by atoms with Crippen LogP contribution in [0.3, 0.4) is 0 Å². The van der Waals surface area contributed by atoms with E-state index in [1.165, 1.54) is 0 Å². The van der Waals surface area contributed by atoms with Crippen molar-refractivity contribution in [2.45, 2.75) is 40.7 Å². The van der Waals surface area contributed by atoms with E-state index in [2.05, 4.69) is 34.3 Å². The van der Waals surface area contributed by atoms with Gasteiger partial charge in [0.1, 0.15) is 0 Å². The van der Waals surface area contributed by atoms with E-state index >= 15 is 0 Å². The first-order chi connectivity index (χ1) is 9.94. The lowest BCUT2D eigenvalue weighted by molar-refractivity contribution is 0.0946. The molecular formula is C15H20N4O2. The van der Waals surface area contributed by atoms with Crippen LogP contribution < -0.4 is 5.32 Å². The van der Waals surface area contributed by atoms with Crippen molar-refractivity contribution in [1.29, 1.82) is 0 Å². The Kier molecular flexibility index (Phi) is 4.67. The van der Waals surface area contributed by atoms with Gasteiger partial charge in [0.15, 0.2) is 5.82 Å². The molecule has 0 aliphatic rings. The summed E-state index contributed by atoms with van der Waals surface area (Å²) in [4.78, 5) is 20.6. The fourth-order valence-electron chi connectivity index (χ4n) is 2.03. The maximum atomic E-state index is 12.1. The fraction of sp³-hybridized carbons (Fsp3) is 0.467. The summed E-state index contributed by atoms with van der Waals surface area (Å²) in [7, 11) is 0. The van der Waals surface area contributed by atoms with E-state index in [0.717, 1.165) is 17.8 Å². The summed E-state index contributed by atoms with van der Waals surface area (Å²) in [6.45, 7) is 8.13. The Bertz CT molecular complexity index is 614. The van der Waals surface area contributed by atoms with Crippen LogP contribution in [0.5, 0.6) is 0 Å². The highest BCUT2D eigenvalue weighted by molar-refractivity contribution is 5.94. The number of aryl methyl sites for hydroxylation is 2. The molecule has 0 saturated heterocycles. The smallest absolute Gasteiger partial charge is 0.251 e. The first-order valence-corrected chi connectivity index (χ1v) is 6.99. The van der Waals surface area contributed by atoms with Gasteiger partial charge in [0.25, 0.3) is 5.91 Å². The molecule has 21 heavy (non-hydrogen) atoms. The van der Waals surface area contributed by atoms with Crippen LogP contribution in [0, 0.1) is 19.8 Å². The molecule has 0 unspecified atom stereocenters. The minimum Gasteiger partial charge on any atom is -0.343 e. The second-order valence-corrected chi connectivity index (χ2v) is 5.52. The van der Waals surface area contributed by atoms with Gasteiger partial charge in [0.2, 0.25) is 5.89 Å². The average Bonchev–Trinajstić information content (AvgIpc) is 2.81. The third kappa shape index (κ3) is 4.37. The molecule has 2 heterocycles. The number of nitrogens with one attached hydrogen (secondary N) is 1. The van der Waals surface area contributed by atoms with Crippen LogP contribution in [-0.2, 0) is 13.0 Å². The van der Waals surface area contributed by atoms with Gasteiger partial charge in [0, 0.05) is 23.4 Å². The maximum absolute atomic E-state index is 12.1. The highest BCUT2D eigenvalue weighted by Crippen LogP contribution is 2.07. The van der Waals surface area contributed by atoms with Crippen molar-refractivity contribution in [2.24, 2.45) is 5.92 Å². The third-order valence-electron chi connectivity index (χ3n) is 2.84. The van der Waals surface area contributed by atoms with Gasteiger partial charge in [-0.2, -0.15) is 4.98 Å². The van der Waals surface area contributed by atoms with Crippen molar-refractivity contribution < 1.29 is 9.32 Å². The highest BCUT2D eigenvalue weighted by atomic mass is 16.5. The number of nitrogens with zero attached hydrogens (tertiary/aromatic N) is 3. The summed E-state index contributed by atoms with van der Waals surface area (Å²) in [5.74, 6) is 1.38. The molecule has 0 bridgehead atoms. The minimum atomic E-state index is -0.174. The van der Waals surface area contributed by atoms with Crippen molar-refractivity contribution in [3.05, 3.63) is 40.8 Å². The number of carbonyl (C=O) groups excluding carboxylic acids is 1. The van der Waals surface area contributed by atoms with Crippen molar-refractivity contribution in [3.8, 4) is 0 Å². The van der Waals surface area contributed by atoms with E-state index in [0.29, 0.717) is 23.2 Å². The molecule has 0 aromatic carbocycles. The summed E-state index contributed by atoms with van der Waals surface area (Å²) in [6, 6.07) is 3.50. The first-order valence-electron chi connectivity index (χ1n) is 6.99. The van der Waals surface area contributed by atoms with E-state index in [1.807, 2.05) is 13.8 Å². The number of hydrogen-bond donors (Lipinski definition) is 1. The lowest BCUT2D eigenvalue weighted by Crippen LogP contribution is -2.23. The van der Waals surface area contributed by atoms with E-state index in [4.69, 9.17) is 4.52 Å². The van der Waals surface area contributed by atoms with E-state index in [9.17, 15) is 4.79 Å². The van der Waals surface area contributed by atoms with Crippen LogP contribution in [0.1, 0.15) is 47.3 Å². The first kappa shape index (κ1) is 15.2. The number of rotatable bonds is 5. The number of hydrogen-bond acceptors (Lipinski definition) is 5. The average molecular weight is 288 g/mol. The van der Waals surface area contributed by atoms with E-state index in [1.54, 1.807) is 12.1 Å². The zero-order chi connectivity index (χ0) is 15.4. The monoisotopic (exact) mass is 288 g/mol. The molecular weight excluding hydrogens is 268 g/mol. The molecule has 1 amide bonds. The van der Waals surface area contributed by atoms with Crippen LogP contribution in [-0.4, -0.2) is 21.0 Å².